The van der Waals surface area contributed by atoms with Crippen LogP contribution in [0.4, 0.5) is 0 Å². The van der Waals surface area contributed by atoms with Crippen LogP contribution in [0.25, 0.3) is 0 Å². The summed E-state index contributed by atoms with van der Waals surface area (Å²) in [6, 6.07) is 0. The maximum absolute atomic E-state index is 4.28. The molecule has 1 aromatic rings. The molecule has 1 aromatic heterocycles. The van der Waals surface area contributed by atoms with Crippen molar-refractivity contribution in [3.63, 3.8) is 0 Å². The number of nitrogens with one attached hydrogen (secondary N) is 2. The second-order valence-corrected chi connectivity index (χ2v) is 5.52. The molecule has 0 aromatic carbocycles. The van der Waals surface area contributed by atoms with Crippen LogP contribution in [0.15, 0.2) is 11.3 Å². The van der Waals surface area contributed by atoms with Crippen LogP contribution in [0.2, 0.25) is 0 Å². The SMILES string of the molecule is CN=C(NCCSCCc1nc[nH]c1C)SC.Cl.Cl. The van der Waals surface area contributed by atoms with Gasteiger partial charge in [-0.05, 0) is 18.9 Å². The zero-order valence-corrected chi connectivity index (χ0v) is 14.7. The highest BCUT2D eigenvalue weighted by atomic mass is 35.5. The highest BCUT2D eigenvalue weighted by molar-refractivity contribution is 8.13. The minimum absolute atomic E-state index is 0. The van der Waals surface area contributed by atoms with E-state index in [1.54, 1.807) is 18.1 Å². The van der Waals surface area contributed by atoms with Crippen molar-refractivity contribution < 1.29 is 0 Å². The van der Waals surface area contributed by atoms with E-state index in [0.29, 0.717) is 0 Å². The molecule has 0 unspecified atom stereocenters. The molecule has 0 bridgehead atoms. The number of halogens is 2. The summed E-state index contributed by atoms with van der Waals surface area (Å²) < 4.78 is 0. The van der Waals surface area contributed by atoms with Crippen molar-refractivity contribution in [2.45, 2.75) is 13.3 Å². The summed E-state index contributed by atoms with van der Waals surface area (Å²) >= 11 is 3.59. The van der Waals surface area contributed by atoms with E-state index in [1.165, 1.54) is 11.4 Å². The fraction of sp³-hybridized carbons (Fsp3) is 0.636. The van der Waals surface area contributed by atoms with Crippen molar-refractivity contribution in [3.05, 3.63) is 17.7 Å². The maximum Gasteiger partial charge on any atom is 0.156 e. The number of hydrogen-bond acceptors (Lipinski definition) is 4. The first-order valence-corrected chi connectivity index (χ1v) is 7.97. The summed E-state index contributed by atoms with van der Waals surface area (Å²) in [5.74, 6) is 2.22. The smallest absolute Gasteiger partial charge is 0.156 e. The standard InChI is InChI=1S/C11H20N4S2.2ClH/c1-9-10(15-8-14-9)4-6-17-7-5-13-11(12-2)16-3;;/h8H,4-7H2,1-3H3,(H,12,13)(H,14,15);2*1H. The predicted molar refractivity (Wildman–Crippen MR) is 93.7 cm³/mol. The van der Waals surface area contributed by atoms with Gasteiger partial charge in [0.05, 0.1) is 12.0 Å². The molecule has 1 heterocycles. The van der Waals surface area contributed by atoms with Crippen molar-refractivity contribution in [1.29, 1.82) is 0 Å². The Hall–Kier alpha value is -0.0400. The van der Waals surface area contributed by atoms with Gasteiger partial charge in [-0.3, -0.25) is 4.99 Å². The van der Waals surface area contributed by atoms with Crippen molar-refractivity contribution in [2.75, 3.05) is 31.4 Å². The van der Waals surface area contributed by atoms with Gasteiger partial charge < -0.3 is 10.3 Å². The van der Waals surface area contributed by atoms with Crippen LogP contribution in [0.1, 0.15) is 11.4 Å². The molecule has 0 atom stereocenters. The molecule has 0 saturated heterocycles. The first-order valence-electron chi connectivity index (χ1n) is 5.59. The number of aryl methyl sites for hydroxylation is 2. The Balaban J connectivity index is 0. The summed E-state index contributed by atoms with van der Waals surface area (Å²) in [5.41, 5.74) is 2.37. The van der Waals surface area contributed by atoms with E-state index >= 15 is 0 Å². The minimum Gasteiger partial charge on any atom is -0.364 e. The summed E-state index contributed by atoms with van der Waals surface area (Å²) in [5, 5.41) is 4.30. The molecule has 0 fully saturated rings. The summed E-state index contributed by atoms with van der Waals surface area (Å²) in [4.78, 5) is 11.5. The van der Waals surface area contributed by atoms with E-state index in [-0.39, 0.29) is 24.8 Å². The van der Waals surface area contributed by atoms with Crippen LogP contribution in [0, 0.1) is 6.92 Å². The molecule has 0 aliphatic carbocycles. The molecule has 0 spiro atoms. The molecular weight excluding hydrogens is 323 g/mol. The lowest BCUT2D eigenvalue weighted by molar-refractivity contribution is 0.984. The lowest BCUT2D eigenvalue weighted by Gasteiger charge is -2.06. The van der Waals surface area contributed by atoms with Gasteiger partial charge in [0, 0.05) is 31.5 Å². The Bertz CT molecular complexity index is 358. The van der Waals surface area contributed by atoms with E-state index in [1.807, 2.05) is 25.1 Å². The molecule has 1 rings (SSSR count). The molecule has 19 heavy (non-hydrogen) atoms. The third-order valence-corrected chi connectivity index (χ3v) is 4.04. The van der Waals surface area contributed by atoms with Gasteiger partial charge in [-0.15, -0.1) is 24.8 Å². The fourth-order valence-corrected chi connectivity index (χ4v) is 2.60. The zero-order chi connectivity index (χ0) is 12.5. The predicted octanol–water partition coefficient (Wildman–Crippen LogP) is 2.78. The molecule has 0 amide bonds. The molecule has 0 aliphatic rings. The number of hydrogen-bond donors (Lipinski definition) is 2. The summed E-state index contributed by atoms with van der Waals surface area (Å²) in [6.07, 6.45) is 4.83. The molecule has 0 radical (unpaired) electrons. The quantitative estimate of drug-likeness (QED) is 0.473. The van der Waals surface area contributed by atoms with E-state index < -0.39 is 0 Å². The lowest BCUT2D eigenvalue weighted by Crippen LogP contribution is -2.22. The number of amidine groups is 1. The molecule has 8 heteroatoms. The largest absolute Gasteiger partial charge is 0.364 e. The van der Waals surface area contributed by atoms with Crippen molar-refractivity contribution >= 4 is 53.5 Å². The topological polar surface area (TPSA) is 53.1 Å². The van der Waals surface area contributed by atoms with E-state index in [9.17, 15) is 0 Å². The van der Waals surface area contributed by atoms with Gasteiger partial charge in [-0.25, -0.2) is 4.98 Å². The number of aromatic amines is 1. The Labute approximate surface area is 136 Å². The average Bonchev–Trinajstić information content (AvgIpc) is 2.74. The minimum atomic E-state index is 0. The van der Waals surface area contributed by atoms with Gasteiger partial charge in [0.1, 0.15) is 0 Å². The highest BCUT2D eigenvalue weighted by Crippen LogP contribution is 2.07. The Kier molecular flexibility index (Phi) is 14.5. The first-order chi connectivity index (χ1) is 8.27. The van der Waals surface area contributed by atoms with Crippen molar-refractivity contribution in [2.24, 2.45) is 4.99 Å². The third kappa shape index (κ3) is 8.68. The molecule has 0 saturated carbocycles. The third-order valence-electron chi connectivity index (χ3n) is 2.34. The van der Waals surface area contributed by atoms with Crippen molar-refractivity contribution in [1.82, 2.24) is 15.3 Å². The molecule has 0 aliphatic heterocycles. The van der Waals surface area contributed by atoms with Gasteiger partial charge in [-0.2, -0.15) is 11.8 Å². The molecular formula is C11H22Cl2N4S2. The van der Waals surface area contributed by atoms with Crippen LogP contribution in [0.5, 0.6) is 0 Å². The second kappa shape index (κ2) is 13.0. The van der Waals surface area contributed by atoms with E-state index in [2.05, 4.69) is 27.2 Å². The van der Waals surface area contributed by atoms with Gasteiger partial charge in [-0.1, -0.05) is 11.8 Å². The number of aliphatic imine (C=N–C) groups is 1. The Morgan fingerprint density at radius 3 is 2.68 bits per heavy atom. The van der Waals surface area contributed by atoms with Gasteiger partial charge in [0.15, 0.2) is 5.17 Å². The van der Waals surface area contributed by atoms with Crippen LogP contribution in [0.3, 0.4) is 0 Å². The van der Waals surface area contributed by atoms with E-state index in [0.717, 1.165) is 29.6 Å². The fourth-order valence-electron chi connectivity index (χ4n) is 1.38. The maximum atomic E-state index is 4.28. The zero-order valence-electron chi connectivity index (χ0n) is 11.4. The number of rotatable bonds is 6. The lowest BCUT2D eigenvalue weighted by atomic mass is 10.3. The van der Waals surface area contributed by atoms with Crippen LogP contribution >= 0.6 is 48.3 Å². The van der Waals surface area contributed by atoms with Gasteiger partial charge in [0.25, 0.3) is 0 Å². The number of nitrogens with zero attached hydrogens (tertiary/aromatic N) is 2. The van der Waals surface area contributed by atoms with Crippen molar-refractivity contribution in [3.8, 4) is 0 Å². The first kappa shape index (κ1) is 21.3. The average molecular weight is 345 g/mol. The monoisotopic (exact) mass is 344 g/mol. The normalized spacial score (nSPS) is 10.6. The van der Waals surface area contributed by atoms with Crippen LogP contribution < -0.4 is 5.32 Å². The number of thioether (sulfide) groups is 2. The molecule has 112 valence electrons. The summed E-state index contributed by atoms with van der Waals surface area (Å²) in [6.45, 7) is 3.04. The summed E-state index contributed by atoms with van der Waals surface area (Å²) in [7, 11) is 1.81. The van der Waals surface area contributed by atoms with Crippen LogP contribution in [-0.2, 0) is 6.42 Å². The molecule has 2 N–H and O–H groups in total. The van der Waals surface area contributed by atoms with Gasteiger partial charge >= 0.3 is 0 Å². The molecule has 4 nitrogen and oxygen atoms in total. The van der Waals surface area contributed by atoms with Crippen LogP contribution in [-0.4, -0.2) is 46.5 Å². The number of aromatic nitrogens is 2. The Morgan fingerprint density at radius 1 is 1.42 bits per heavy atom. The number of H-pyrrole nitrogens is 1. The second-order valence-electron chi connectivity index (χ2n) is 3.50. The highest BCUT2D eigenvalue weighted by Gasteiger charge is 2.00. The van der Waals surface area contributed by atoms with Gasteiger partial charge in [0.2, 0.25) is 0 Å². The number of imidazole rings is 1. The Morgan fingerprint density at radius 2 is 2.16 bits per heavy atom. The van der Waals surface area contributed by atoms with E-state index in [4.69, 9.17) is 0 Å².